The first-order chi connectivity index (χ1) is 13.8. The Hall–Kier alpha value is -3.02. The predicted octanol–water partition coefficient (Wildman–Crippen LogP) is 3.46. The van der Waals surface area contributed by atoms with Crippen LogP contribution in [-0.4, -0.2) is 42.6 Å². The number of aryl methyl sites for hydroxylation is 2. The standard InChI is InChI=1S/C23H27NO5/c1-14-6-5-7-15(2)17(14)12-22(25)24-9-8-16-10-20(28-3)21(29-4)11-18(16)19(24)13-23(26)27/h5-7,10-11,19H,8-9,12-13H2,1-4H3,(H,26,27). The van der Waals surface area contributed by atoms with Gasteiger partial charge in [0.05, 0.1) is 33.1 Å². The summed E-state index contributed by atoms with van der Waals surface area (Å²) in [6.45, 7) is 4.46. The topological polar surface area (TPSA) is 76.1 Å². The predicted molar refractivity (Wildman–Crippen MR) is 110 cm³/mol. The van der Waals surface area contributed by atoms with Crippen LogP contribution in [0, 0.1) is 13.8 Å². The highest BCUT2D eigenvalue weighted by atomic mass is 16.5. The van der Waals surface area contributed by atoms with E-state index in [4.69, 9.17) is 9.47 Å². The highest BCUT2D eigenvalue weighted by Crippen LogP contribution is 2.39. The molecule has 154 valence electrons. The molecule has 0 saturated carbocycles. The first kappa shape index (κ1) is 20.7. The Balaban J connectivity index is 1.97. The molecule has 0 saturated heterocycles. The fraction of sp³-hybridized carbons (Fsp3) is 0.391. The van der Waals surface area contributed by atoms with E-state index >= 15 is 0 Å². The molecule has 2 aromatic rings. The Bertz CT molecular complexity index is 917. The molecule has 0 aliphatic carbocycles. The lowest BCUT2D eigenvalue weighted by atomic mass is 9.89. The van der Waals surface area contributed by atoms with Gasteiger partial charge in [0.1, 0.15) is 0 Å². The smallest absolute Gasteiger partial charge is 0.305 e. The van der Waals surface area contributed by atoms with Gasteiger partial charge in [0.2, 0.25) is 5.91 Å². The second-order valence-corrected chi connectivity index (χ2v) is 7.40. The molecule has 0 fully saturated rings. The minimum atomic E-state index is -0.942. The molecular weight excluding hydrogens is 370 g/mol. The Kier molecular flexibility index (Phi) is 6.11. The van der Waals surface area contributed by atoms with Crippen molar-refractivity contribution in [3.05, 3.63) is 58.1 Å². The molecule has 1 aliphatic rings. The number of carbonyl (C=O) groups is 2. The molecule has 6 nitrogen and oxygen atoms in total. The van der Waals surface area contributed by atoms with Crippen LogP contribution in [0.2, 0.25) is 0 Å². The summed E-state index contributed by atoms with van der Waals surface area (Å²) in [5.41, 5.74) is 4.94. The zero-order valence-corrected chi connectivity index (χ0v) is 17.3. The van der Waals surface area contributed by atoms with E-state index in [1.165, 1.54) is 0 Å². The van der Waals surface area contributed by atoms with Crippen LogP contribution in [-0.2, 0) is 22.4 Å². The quantitative estimate of drug-likeness (QED) is 0.808. The Labute approximate surface area is 171 Å². The Morgan fingerprint density at radius 3 is 2.31 bits per heavy atom. The van der Waals surface area contributed by atoms with E-state index in [9.17, 15) is 14.7 Å². The monoisotopic (exact) mass is 397 g/mol. The van der Waals surface area contributed by atoms with Gasteiger partial charge in [0.15, 0.2) is 11.5 Å². The molecule has 0 spiro atoms. The fourth-order valence-electron chi connectivity index (χ4n) is 4.09. The normalized spacial score (nSPS) is 15.6. The van der Waals surface area contributed by atoms with Crippen LogP contribution in [0.1, 0.15) is 40.3 Å². The maximum Gasteiger partial charge on any atom is 0.305 e. The van der Waals surface area contributed by atoms with E-state index in [1.54, 1.807) is 25.2 Å². The van der Waals surface area contributed by atoms with E-state index in [2.05, 4.69) is 0 Å². The number of carboxylic acids is 1. The van der Waals surface area contributed by atoms with Crippen LogP contribution >= 0.6 is 0 Å². The van der Waals surface area contributed by atoms with Crippen molar-refractivity contribution in [2.24, 2.45) is 0 Å². The van der Waals surface area contributed by atoms with Gasteiger partial charge in [-0.1, -0.05) is 18.2 Å². The number of carboxylic acid groups (broad SMARTS) is 1. The second-order valence-electron chi connectivity index (χ2n) is 7.40. The van der Waals surface area contributed by atoms with Crippen molar-refractivity contribution < 1.29 is 24.2 Å². The molecular formula is C23H27NO5. The summed E-state index contributed by atoms with van der Waals surface area (Å²) in [7, 11) is 3.12. The van der Waals surface area contributed by atoms with Crippen molar-refractivity contribution in [3.8, 4) is 11.5 Å². The van der Waals surface area contributed by atoms with Crippen LogP contribution in [0.4, 0.5) is 0 Å². The number of hydrogen-bond acceptors (Lipinski definition) is 4. The van der Waals surface area contributed by atoms with Crippen LogP contribution < -0.4 is 9.47 Å². The van der Waals surface area contributed by atoms with E-state index in [0.29, 0.717) is 24.5 Å². The molecule has 1 heterocycles. The summed E-state index contributed by atoms with van der Waals surface area (Å²) in [6, 6.07) is 9.12. The van der Waals surface area contributed by atoms with Gasteiger partial charge in [-0.15, -0.1) is 0 Å². The number of benzene rings is 2. The maximum atomic E-state index is 13.2. The lowest BCUT2D eigenvalue weighted by Gasteiger charge is -2.37. The van der Waals surface area contributed by atoms with Gasteiger partial charge < -0.3 is 19.5 Å². The third-order valence-corrected chi connectivity index (χ3v) is 5.66. The van der Waals surface area contributed by atoms with Gasteiger partial charge in [-0.2, -0.15) is 0 Å². The molecule has 1 amide bonds. The third kappa shape index (κ3) is 4.21. The number of hydrogen-bond donors (Lipinski definition) is 1. The lowest BCUT2D eigenvalue weighted by Crippen LogP contribution is -2.42. The van der Waals surface area contributed by atoms with Crippen molar-refractivity contribution in [2.45, 2.75) is 39.2 Å². The third-order valence-electron chi connectivity index (χ3n) is 5.66. The van der Waals surface area contributed by atoms with Gasteiger partial charge in [-0.05, 0) is 60.2 Å². The van der Waals surface area contributed by atoms with Gasteiger partial charge in [-0.3, -0.25) is 9.59 Å². The fourth-order valence-corrected chi connectivity index (χ4v) is 4.09. The number of amides is 1. The molecule has 1 atom stereocenters. The van der Waals surface area contributed by atoms with Crippen molar-refractivity contribution in [3.63, 3.8) is 0 Å². The largest absolute Gasteiger partial charge is 0.493 e. The van der Waals surface area contributed by atoms with Crippen LogP contribution in [0.5, 0.6) is 11.5 Å². The summed E-state index contributed by atoms with van der Waals surface area (Å²) in [5, 5.41) is 9.50. The molecule has 0 bridgehead atoms. The van der Waals surface area contributed by atoms with Gasteiger partial charge in [-0.25, -0.2) is 0 Å². The van der Waals surface area contributed by atoms with E-state index < -0.39 is 12.0 Å². The zero-order chi connectivity index (χ0) is 21.1. The molecule has 6 heteroatoms. The van der Waals surface area contributed by atoms with E-state index in [1.807, 2.05) is 38.1 Å². The van der Waals surface area contributed by atoms with Gasteiger partial charge >= 0.3 is 5.97 Å². The van der Waals surface area contributed by atoms with Crippen molar-refractivity contribution >= 4 is 11.9 Å². The second kappa shape index (κ2) is 8.55. The molecule has 3 rings (SSSR count). The number of methoxy groups -OCH3 is 2. The molecule has 1 unspecified atom stereocenters. The SMILES string of the molecule is COc1cc2c(cc1OC)C(CC(=O)O)N(C(=O)Cc1c(C)cccc1C)CC2. The number of aliphatic carboxylic acids is 1. The molecule has 2 aromatic carbocycles. The molecule has 1 N–H and O–H groups in total. The summed E-state index contributed by atoms with van der Waals surface area (Å²) >= 11 is 0. The first-order valence-electron chi connectivity index (χ1n) is 9.66. The van der Waals surface area contributed by atoms with Gasteiger partial charge in [0, 0.05) is 6.54 Å². The molecule has 1 aliphatic heterocycles. The average molecular weight is 397 g/mol. The first-order valence-corrected chi connectivity index (χ1v) is 9.66. The number of ether oxygens (including phenoxy) is 2. The van der Waals surface area contributed by atoms with Crippen LogP contribution in [0.25, 0.3) is 0 Å². The van der Waals surface area contributed by atoms with E-state index in [0.717, 1.165) is 27.8 Å². The number of nitrogens with zero attached hydrogens (tertiary/aromatic N) is 1. The maximum absolute atomic E-state index is 13.2. The number of carbonyl (C=O) groups excluding carboxylic acids is 1. The summed E-state index contributed by atoms with van der Waals surface area (Å²) < 4.78 is 10.8. The van der Waals surface area contributed by atoms with Gasteiger partial charge in [0.25, 0.3) is 0 Å². The summed E-state index contributed by atoms with van der Waals surface area (Å²) in [6.07, 6.45) is 0.753. The Morgan fingerprint density at radius 1 is 1.10 bits per heavy atom. The highest BCUT2D eigenvalue weighted by molar-refractivity contribution is 5.81. The highest BCUT2D eigenvalue weighted by Gasteiger charge is 2.33. The minimum absolute atomic E-state index is 0.0610. The van der Waals surface area contributed by atoms with Crippen LogP contribution in [0.3, 0.4) is 0 Å². The average Bonchev–Trinajstić information content (AvgIpc) is 2.69. The molecule has 29 heavy (non-hydrogen) atoms. The number of fused-ring (bicyclic) bond motifs is 1. The van der Waals surface area contributed by atoms with Crippen molar-refractivity contribution in [1.29, 1.82) is 0 Å². The van der Waals surface area contributed by atoms with Crippen LogP contribution in [0.15, 0.2) is 30.3 Å². The molecule has 0 radical (unpaired) electrons. The van der Waals surface area contributed by atoms with Crippen molar-refractivity contribution in [1.82, 2.24) is 4.90 Å². The molecule has 0 aromatic heterocycles. The number of rotatable bonds is 6. The van der Waals surface area contributed by atoms with Crippen molar-refractivity contribution in [2.75, 3.05) is 20.8 Å². The lowest BCUT2D eigenvalue weighted by molar-refractivity contribution is -0.141. The zero-order valence-electron chi connectivity index (χ0n) is 17.3. The summed E-state index contributed by atoms with van der Waals surface area (Å²) in [5.74, 6) is 0.137. The minimum Gasteiger partial charge on any atom is -0.493 e. The van der Waals surface area contributed by atoms with E-state index in [-0.39, 0.29) is 18.7 Å². The summed E-state index contributed by atoms with van der Waals surface area (Å²) in [4.78, 5) is 26.5. The Morgan fingerprint density at radius 2 is 1.72 bits per heavy atom.